The lowest BCUT2D eigenvalue weighted by Gasteiger charge is -2.40. The van der Waals surface area contributed by atoms with E-state index in [0.717, 1.165) is 13.2 Å². The molecule has 0 fully saturated rings. The highest BCUT2D eigenvalue weighted by atomic mass is 35.5. The normalized spacial score (nSPS) is 24.4. The summed E-state index contributed by atoms with van der Waals surface area (Å²) in [6.45, 7) is 0. The van der Waals surface area contributed by atoms with Gasteiger partial charge in [0.25, 0.3) is 0 Å². The molecule has 0 saturated heterocycles. The minimum atomic E-state index is -4.15. The van der Waals surface area contributed by atoms with Gasteiger partial charge in [-0.3, -0.25) is 4.79 Å². The molecule has 6 nitrogen and oxygen atoms in total. The maximum atomic E-state index is 14.4. The number of benzene rings is 2. The van der Waals surface area contributed by atoms with Crippen molar-refractivity contribution in [1.29, 1.82) is 0 Å². The second-order valence-corrected chi connectivity index (χ2v) is 7.58. The molecule has 2 aromatic rings. The molecule has 1 aliphatic rings. The minimum Gasteiger partial charge on any atom is -0.468 e. The van der Waals surface area contributed by atoms with Crippen LogP contribution in [0.15, 0.2) is 47.4 Å². The Bertz CT molecular complexity index is 965. The molecule has 2 atom stereocenters. The summed E-state index contributed by atoms with van der Waals surface area (Å²) < 4.78 is 46.0. The number of aliphatic hydroxyl groups is 1. The molecule has 2 aromatic carbocycles. The third kappa shape index (κ3) is 2.71. The molecular formula is C16H13ClFNO5S. The van der Waals surface area contributed by atoms with Crippen LogP contribution >= 0.6 is 11.6 Å². The number of carbonyl (C=O) groups is 1. The van der Waals surface area contributed by atoms with Gasteiger partial charge in [-0.1, -0.05) is 29.8 Å². The molecule has 1 heterocycles. The molecule has 0 aliphatic carbocycles. The third-order valence-corrected chi connectivity index (χ3v) is 5.77. The van der Waals surface area contributed by atoms with Gasteiger partial charge in [-0.2, -0.15) is 4.72 Å². The van der Waals surface area contributed by atoms with Gasteiger partial charge in [0.1, 0.15) is 11.4 Å². The van der Waals surface area contributed by atoms with Crippen molar-refractivity contribution in [3.05, 3.63) is 64.4 Å². The molecule has 25 heavy (non-hydrogen) atoms. The van der Waals surface area contributed by atoms with Gasteiger partial charge in [0.2, 0.25) is 10.0 Å². The van der Waals surface area contributed by atoms with Gasteiger partial charge in [-0.25, -0.2) is 12.8 Å². The average molecular weight is 386 g/mol. The van der Waals surface area contributed by atoms with Gasteiger partial charge >= 0.3 is 5.97 Å². The van der Waals surface area contributed by atoms with Crippen LogP contribution in [0.4, 0.5) is 4.39 Å². The lowest BCUT2D eigenvalue weighted by molar-refractivity contribution is -0.149. The van der Waals surface area contributed by atoms with Crippen LogP contribution in [0.2, 0.25) is 5.02 Å². The SMILES string of the molecule is COC(=O)[C@@H]1NS(=O)(=O)c2ccc(Cl)cc2[C@]1(O)c1ccccc1F. The van der Waals surface area contributed by atoms with Crippen LogP contribution in [0.5, 0.6) is 0 Å². The fourth-order valence-electron chi connectivity index (χ4n) is 2.90. The lowest BCUT2D eigenvalue weighted by atomic mass is 9.80. The Morgan fingerprint density at radius 2 is 1.96 bits per heavy atom. The molecule has 0 radical (unpaired) electrons. The Morgan fingerprint density at radius 3 is 2.60 bits per heavy atom. The van der Waals surface area contributed by atoms with Crippen LogP contribution in [-0.4, -0.2) is 32.6 Å². The molecule has 0 aromatic heterocycles. The van der Waals surface area contributed by atoms with Crippen LogP contribution in [0.3, 0.4) is 0 Å². The summed E-state index contributed by atoms with van der Waals surface area (Å²) in [5.74, 6) is -1.88. The summed E-state index contributed by atoms with van der Waals surface area (Å²) in [7, 11) is -3.11. The van der Waals surface area contributed by atoms with Crippen LogP contribution in [-0.2, 0) is 25.2 Å². The predicted molar refractivity (Wildman–Crippen MR) is 87.0 cm³/mol. The topological polar surface area (TPSA) is 92.7 Å². The van der Waals surface area contributed by atoms with Gasteiger partial charge in [0, 0.05) is 16.1 Å². The molecule has 0 unspecified atom stereocenters. The first kappa shape index (κ1) is 17.8. The highest BCUT2D eigenvalue weighted by Crippen LogP contribution is 2.42. The number of hydrogen-bond acceptors (Lipinski definition) is 5. The van der Waals surface area contributed by atoms with E-state index < -0.39 is 33.5 Å². The first-order valence-corrected chi connectivity index (χ1v) is 8.95. The monoisotopic (exact) mass is 385 g/mol. The highest BCUT2D eigenvalue weighted by Gasteiger charge is 2.54. The van der Waals surface area contributed by atoms with E-state index in [4.69, 9.17) is 11.6 Å². The second kappa shape index (κ2) is 6.06. The van der Waals surface area contributed by atoms with Crippen molar-refractivity contribution in [3.8, 4) is 0 Å². The van der Waals surface area contributed by atoms with Crippen LogP contribution in [0.1, 0.15) is 11.1 Å². The third-order valence-electron chi connectivity index (χ3n) is 4.05. The number of fused-ring (bicyclic) bond motifs is 1. The van der Waals surface area contributed by atoms with Crippen LogP contribution in [0.25, 0.3) is 0 Å². The van der Waals surface area contributed by atoms with Gasteiger partial charge in [0.15, 0.2) is 6.04 Å². The van der Waals surface area contributed by atoms with E-state index >= 15 is 0 Å². The van der Waals surface area contributed by atoms with Crippen molar-refractivity contribution in [1.82, 2.24) is 4.72 Å². The molecule has 132 valence electrons. The van der Waals surface area contributed by atoms with E-state index in [2.05, 4.69) is 9.46 Å². The van der Waals surface area contributed by atoms with Crippen molar-refractivity contribution in [3.63, 3.8) is 0 Å². The minimum absolute atomic E-state index is 0.120. The number of esters is 1. The maximum absolute atomic E-state index is 14.4. The Kier molecular flexibility index (Phi) is 4.32. The Labute approximate surface area is 148 Å². The summed E-state index contributed by atoms with van der Waals surface area (Å²) in [5, 5.41) is 11.5. The van der Waals surface area contributed by atoms with E-state index in [1.54, 1.807) is 0 Å². The van der Waals surface area contributed by atoms with Crippen molar-refractivity contribution in [2.75, 3.05) is 7.11 Å². The van der Waals surface area contributed by atoms with E-state index in [9.17, 15) is 22.7 Å². The molecule has 9 heteroatoms. The summed E-state index contributed by atoms with van der Waals surface area (Å²) >= 11 is 5.95. The summed E-state index contributed by atoms with van der Waals surface area (Å²) in [6, 6.07) is 7.12. The molecule has 2 N–H and O–H groups in total. The summed E-state index contributed by atoms with van der Waals surface area (Å²) in [5.41, 5.74) is -2.83. The largest absolute Gasteiger partial charge is 0.468 e. The van der Waals surface area contributed by atoms with E-state index in [1.165, 1.54) is 36.4 Å². The Hall–Kier alpha value is -2.00. The van der Waals surface area contributed by atoms with Gasteiger partial charge in [-0.05, 0) is 24.3 Å². The quantitative estimate of drug-likeness (QED) is 0.765. The van der Waals surface area contributed by atoms with Gasteiger partial charge in [0.05, 0.1) is 12.0 Å². The first-order chi connectivity index (χ1) is 11.7. The first-order valence-electron chi connectivity index (χ1n) is 7.09. The molecule has 0 bridgehead atoms. The summed E-state index contributed by atoms with van der Waals surface area (Å²) in [4.78, 5) is 11.9. The molecular weight excluding hydrogens is 373 g/mol. The zero-order valence-corrected chi connectivity index (χ0v) is 14.4. The van der Waals surface area contributed by atoms with Crippen molar-refractivity contribution >= 4 is 27.6 Å². The molecule has 1 aliphatic heterocycles. The van der Waals surface area contributed by atoms with Crippen molar-refractivity contribution < 1.29 is 27.4 Å². The predicted octanol–water partition coefficient (Wildman–Crippen LogP) is 1.55. The smallest absolute Gasteiger partial charge is 0.327 e. The molecule has 0 saturated carbocycles. The average Bonchev–Trinajstić information content (AvgIpc) is 2.57. The number of ether oxygens (including phenoxy) is 1. The van der Waals surface area contributed by atoms with Gasteiger partial charge in [-0.15, -0.1) is 0 Å². The van der Waals surface area contributed by atoms with E-state index in [0.29, 0.717) is 0 Å². The molecule has 3 rings (SSSR count). The van der Waals surface area contributed by atoms with E-state index in [1.807, 2.05) is 0 Å². The standard InChI is InChI=1S/C16H13ClFNO5S/c1-24-15(20)14-16(21,10-4-2-3-5-12(10)18)11-8-9(17)6-7-13(11)25(22,23)19-14/h2-8,14,19,21H,1H3/t14-,16+/m0/s1. The Balaban J connectivity index is 2.41. The Morgan fingerprint density at radius 1 is 1.28 bits per heavy atom. The van der Waals surface area contributed by atoms with Crippen molar-refractivity contribution in [2.24, 2.45) is 0 Å². The molecule has 0 amide bonds. The highest BCUT2D eigenvalue weighted by molar-refractivity contribution is 7.89. The number of sulfonamides is 1. The summed E-state index contributed by atoms with van der Waals surface area (Å²) in [6.07, 6.45) is 0. The molecule has 0 spiro atoms. The number of carbonyl (C=O) groups excluding carboxylic acids is 1. The van der Waals surface area contributed by atoms with Gasteiger partial charge < -0.3 is 9.84 Å². The number of rotatable bonds is 2. The fraction of sp³-hybridized carbons (Fsp3) is 0.188. The zero-order valence-electron chi connectivity index (χ0n) is 12.9. The fourth-order valence-corrected chi connectivity index (χ4v) is 4.53. The maximum Gasteiger partial charge on any atom is 0.327 e. The number of hydrogen-bond donors (Lipinski definition) is 2. The van der Waals surface area contributed by atoms with Crippen LogP contribution < -0.4 is 4.72 Å². The number of nitrogens with one attached hydrogen (secondary N) is 1. The van der Waals surface area contributed by atoms with Crippen LogP contribution in [0, 0.1) is 5.82 Å². The lowest BCUT2D eigenvalue weighted by Crippen LogP contribution is -2.60. The van der Waals surface area contributed by atoms with E-state index in [-0.39, 0.29) is 21.0 Å². The zero-order chi connectivity index (χ0) is 18.4. The number of methoxy groups -OCH3 is 1. The second-order valence-electron chi connectivity index (χ2n) is 5.46. The number of halogens is 2. The van der Waals surface area contributed by atoms with Crippen molar-refractivity contribution in [2.45, 2.75) is 16.5 Å².